The average Bonchev–Trinajstić information content (AvgIpc) is 2.26. The van der Waals surface area contributed by atoms with Crippen LogP contribution < -0.4 is 5.32 Å². The molecule has 0 radical (unpaired) electrons. The highest BCUT2D eigenvalue weighted by molar-refractivity contribution is 5.95. The number of ether oxygens (including phenoxy) is 1. The van der Waals surface area contributed by atoms with Crippen LogP contribution in [-0.2, 0) is 9.53 Å². The highest BCUT2D eigenvalue weighted by atomic mass is 19.1. The van der Waals surface area contributed by atoms with Crippen molar-refractivity contribution in [1.82, 2.24) is 10.3 Å². The summed E-state index contributed by atoms with van der Waals surface area (Å²) in [6.45, 7) is -0.295. The first-order chi connectivity index (χ1) is 7.15. The summed E-state index contributed by atoms with van der Waals surface area (Å²) < 4.78 is 17.3. The number of methoxy groups -OCH3 is 1. The number of aromatic nitrogens is 1. The van der Waals surface area contributed by atoms with Crippen LogP contribution in [0.5, 0.6) is 0 Å². The normalized spacial score (nSPS) is 9.47. The van der Waals surface area contributed by atoms with Crippen molar-refractivity contribution in [2.75, 3.05) is 13.7 Å². The van der Waals surface area contributed by atoms with Gasteiger partial charge in [-0.05, 0) is 6.07 Å². The second-order valence-corrected chi connectivity index (χ2v) is 2.61. The lowest BCUT2D eigenvalue weighted by Gasteiger charge is -2.03. The van der Waals surface area contributed by atoms with E-state index >= 15 is 0 Å². The zero-order chi connectivity index (χ0) is 11.3. The van der Waals surface area contributed by atoms with Crippen molar-refractivity contribution in [3.05, 3.63) is 29.8 Å². The van der Waals surface area contributed by atoms with E-state index < -0.39 is 17.7 Å². The van der Waals surface area contributed by atoms with Crippen molar-refractivity contribution in [2.45, 2.75) is 0 Å². The van der Waals surface area contributed by atoms with E-state index in [0.29, 0.717) is 0 Å². The molecule has 0 unspecified atom stereocenters. The minimum atomic E-state index is -0.736. The molecule has 0 saturated carbocycles. The maximum atomic E-state index is 13.0. The molecule has 0 aromatic carbocycles. The standard InChI is InChI=1S/C9H9FN2O3/c1-15-8(13)5-12-9(14)6-2-3-11-4-7(6)10/h2-4H,5H2,1H3,(H,12,14). The van der Waals surface area contributed by atoms with E-state index in [0.717, 1.165) is 6.20 Å². The van der Waals surface area contributed by atoms with Gasteiger partial charge in [0.15, 0.2) is 5.82 Å². The molecule has 0 aliphatic rings. The maximum Gasteiger partial charge on any atom is 0.325 e. The van der Waals surface area contributed by atoms with E-state index in [1.165, 1.54) is 19.4 Å². The fraction of sp³-hybridized carbons (Fsp3) is 0.222. The summed E-state index contributed by atoms with van der Waals surface area (Å²) in [4.78, 5) is 25.5. The lowest BCUT2D eigenvalue weighted by atomic mass is 10.2. The van der Waals surface area contributed by atoms with Gasteiger partial charge in [-0.15, -0.1) is 0 Å². The second-order valence-electron chi connectivity index (χ2n) is 2.61. The Bertz CT molecular complexity index is 381. The highest BCUT2D eigenvalue weighted by Crippen LogP contribution is 2.03. The van der Waals surface area contributed by atoms with Gasteiger partial charge >= 0.3 is 5.97 Å². The molecule has 1 rings (SSSR count). The number of nitrogens with one attached hydrogen (secondary N) is 1. The van der Waals surface area contributed by atoms with Crippen LogP contribution in [-0.4, -0.2) is 30.5 Å². The van der Waals surface area contributed by atoms with E-state index in [2.05, 4.69) is 15.0 Å². The van der Waals surface area contributed by atoms with Crippen molar-refractivity contribution in [2.24, 2.45) is 0 Å². The Morgan fingerprint density at radius 1 is 1.60 bits per heavy atom. The molecule has 0 atom stereocenters. The maximum absolute atomic E-state index is 13.0. The monoisotopic (exact) mass is 212 g/mol. The minimum absolute atomic E-state index is 0.158. The smallest absolute Gasteiger partial charge is 0.325 e. The Labute approximate surface area is 85.3 Å². The Hall–Kier alpha value is -1.98. The average molecular weight is 212 g/mol. The van der Waals surface area contributed by atoms with Crippen LogP contribution in [0.2, 0.25) is 0 Å². The van der Waals surface area contributed by atoms with Gasteiger partial charge in [0, 0.05) is 6.20 Å². The van der Waals surface area contributed by atoms with Crippen LogP contribution >= 0.6 is 0 Å². The number of hydrogen-bond acceptors (Lipinski definition) is 4. The van der Waals surface area contributed by atoms with Crippen LogP contribution in [0.25, 0.3) is 0 Å². The van der Waals surface area contributed by atoms with Crippen LogP contribution in [0.4, 0.5) is 4.39 Å². The van der Waals surface area contributed by atoms with Gasteiger partial charge in [0.1, 0.15) is 6.54 Å². The van der Waals surface area contributed by atoms with E-state index in [-0.39, 0.29) is 12.1 Å². The van der Waals surface area contributed by atoms with Gasteiger partial charge in [0.25, 0.3) is 5.91 Å². The number of halogens is 1. The molecule has 1 aromatic heterocycles. The van der Waals surface area contributed by atoms with Gasteiger partial charge in [-0.3, -0.25) is 14.6 Å². The lowest BCUT2D eigenvalue weighted by molar-refractivity contribution is -0.139. The first-order valence-corrected chi connectivity index (χ1v) is 4.09. The summed E-state index contributed by atoms with van der Waals surface area (Å²) in [7, 11) is 1.20. The van der Waals surface area contributed by atoms with Crippen molar-refractivity contribution < 1.29 is 18.7 Å². The molecular weight excluding hydrogens is 203 g/mol. The molecule has 0 aliphatic heterocycles. The Morgan fingerprint density at radius 2 is 2.33 bits per heavy atom. The van der Waals surface area contributed by atoms with E-state index in [1.54, 1.807) is 0 Å². The summed E-state index contributed by atoms with van der Waals surface area (Å²) in [5.74, 6) is -2.02. The number of nitrogens with zero attached hydrogens (tertiary/aromatic N) is 1. The fourth-order valence-corrected chi connectivity index (χ4v) is 0.879. The topological polar surface area (TPSA) is 68.3 Å². The Kier molecular flexibility index (Phi) is 3.73. The number of pyridine rings is 1. The second kappa shape index (κ2) is 5.04. The molecule has 0 spiro atoms. The van der Waals surface area contributed by atoms with Crippen molar-refractivity contribution in [3.8, 4) is 0 Å². The molecule has 5 nitrogen and oxygen atoms in total. The zero-order valence-electron chi connectivity index (χ0n) is 7.99. The minimum Gasteiger partial charge on any atom is -0.468 e. The summed E-state index contributed by atoms with van der Waals surface area (Å²) in [6.07, 6.45) is 2.21. The third kappa shape index (κ3) is 3.01. The number of esters is 1. The van der Waals surface area contributed by atoms with Crippen LogP contribution in [0, 0.1) is 5.82 Å². The van der Waals surface area contributed by atoms with E-state index in [1.807, 2.05) is 0 Å². The van der Waals surface area contributed by atoms with E-state index in [4.69, 9.17) is 0 Å². The molecule has 1 amide bonds. The number of carbonyl (C=O) groups is 2. The van der Waals surface area contributed by atoms with E-state index in [9.17, 15) is 14.0 Å². The molecule has 0 fully saturated rings. The van der Waals surface area contributed by atoms with Gasteiger partial charge < -0.3 is 10.1 Å². The van der Waals surface area contributed by atoms with Gasteiger partial charge in [-0.2, -0.15) is 0 Å². The molecule has 0 saturated heterocycles. The van der Waals surface area contributed by atoms with Crippen molar-refractivity contribution >= 4 is 11.9 Å². The molecule has 1 heterocycles. The molecule has 1 aromatic rings. The highest BCUT2D eigenvalue weighted by Gasteiger charge is 2.12. The summed E-state index contributed by atoms with van der Waals surface area (Å²) in [6, 6.07) is 1.22. The Morgan fingerprint density at radius 3 is 2.93 bits per heavy atom. The number of rotatable bonds is 3. The van der Waals surface area contributed by atoms with Gasteiger partial charge in [-0.1, -0.05) is 0 Å². The molecule has 15 heavy (non-hydrogen) atoms. The Balaban J connectivity index is 2.62. The zero-order valence-corrected chi connectivity index (χ0v) is 7.99. The molecule has 6 heteroatoms. The van der Waals surface area contributed by atoms with Crippen LogP contribution in [0.15, 0.2) is 18.5 Å². The van der Waals surface area contributed by atoms with Crippen LogP contribution in [0.3, 0.4) is 0 Å². The third-order valence-electron chi connectivity index (χ3n) is 1.64. The van der Waals surface area contributed by atoms with Gasteiger partial charge in [0.2, 0.25) is 0 Å². The first kappa shape index (κ1) is 11.1. The number of carbonyl (C=O) groups excluding carboxylic acids is 2. The molecule has 0 bridgehead atoms. The largest absolute Gasteiger partial charge is 0.468 e. The van der Waals surface area contributed by atoms with Gasteiger partial charge in [0.05, 0.1) is 18.9 Å². The number of hydrogen-bond donors (Lipinski definition) is 1. The molecular formula is C9H9FN2O3. The third-order valence-corrected chi connectivity index (χ3v) is 1.64. The first-order valence-electron chi connectivity index (χ1n) is 4.09. The van der Waals surface area contributed by atoms with Crippen molar-refractivity contribution in [1.29, 1.82) is 0 Å². The lowest BCUT2D eigenvalue weighted by Crippen LogP contribution is -2.30. The quantitative estimate of drug-likeness (QED) is 0.723. The fourth-order valence-electron chi connectivity index (χ4n) is 0.879. The molecule has 80 valence electrons. The van der Waals surface area contributed by atoms with Gasteiger partial charge in [-0.25, -0.2) is 4.39 Å². The summed E-state index contributed by atoms with van der Waals surface area (Å²) in [5, 5.41) is 2.21. The van der Waals surface area contributed by atoms with Crippen LogP contribution in [0.1, 0.15) is 10.4 Å². The summed E-state index contributed by atoms with van der Waals surface area (Å²) in [5.41, 5.74) is -0.158. The SMILES string of the molecule is COC(=O)CNC(=O)c1ccncc1F. The molecule has 1 N–H and O–H groups in total. The summed E-state index contributed by atoms with van der Waals surface area (Å²) >= 11 is 0. The van der Waals surface area contributed by atoms with Crippen molar-refractivity contribution in [3.63, 3.8) is 0 Å². The number of amides is 1. The molecule has 0 aliphatic carbocycles. The predicted molar refractivity (Wildman–Crippen MR) is 48.5 cm³/mol. The predicted octanol–water partition coefficient (Wildman–Crippen LogP) is 0.123.